The Morgan fingerprint density at radius 3 is 1.40 bits per heavy atom. The van der Waals surface area contributed by atoms with Crippen LogP contribution in [0, 0.1) is 5.92 Å². The lowest BCUT2D eigenvalue weighted by atomic mass is 9.90. The van der Waals surface area contributed by atoms with Gasteiger partial charge in [-0.15, -0.1) is 0 Å². The molecule has 1 saturated heterocycles. The molecule has 4 aromatic rings. The fourth-order valence-electron chi connectivity index (χ4n) is 6.47. The Labute approximate surface area is 279 Å². The van der Waals surface area contributed by atoms with E-state index in [0.717, 1.165) is 22.3 Å². The van der Waals surface area contributed by atoms with Gasteiger partial charge in [0.15, 0.2) is 6.29 Å². The highest BCUT2D eigenvalue weighted by atomic mass is 16.7. The molecule has 0 amide bonds. The molecule has 2 aliphatic rings. The van der Waals surface area contributed by atoms with Crippen molar-refractivity contribution in [2.24, 2.45) is 5.92 Å². The fourth-order valence-corrected chi connectivity index (χ4v) is 6.47. The van der Waals surface area contributed by atoms with E-state index >= 15 is 0 Å². The van der Waals surface area contributed by atoms with Gasteiger partial charge in [0.2, 0.25) is 0 Å². The van der Waals surface area contributed by atoms with Crippen LogP contribution < -0.4 is 0 Å². The third-order valence-corrected chi connectivity index (χ3v) is 9.06. The molecule has 4 aromatic carbocycles. The van der Waals surface area contributed by atoms with E-state index in [1.807, 2.05) is 72.8 Å². The smallest absolute Gasteiger partial charge is 0.186 e. The van der Waals surface area contributed by atoms with Crippen LogP contribution in [-0.4, -0.2) is 43.9 Å². The molecule has 0 radical (unpaired) electrons. The zero-order valence-electron chi connectivity index (χ0n) is 27.2. The summed E-state index contributed by atoms with van der Waals surface area (Å²) < 4.78 is 40.1. The molecule has 1 aliphatic heterocycles. The van der Waals surface area contributed by atoms with E-state index in [0.29, 0.717) is 45.6 Å². The van der Waals surface area contributed by atoms with Crippen LogP contribution in [0.15, 0.2) is 121 Å². The van der Waals surface area contributed by atoms with Crippen molar-refractivity contribution in [3.8, 4) is 0 Å². The van der Waals surface area contributed by atoms with Crippen molar-refractivity contribution in [1.82, 2.24) is 0 Å². The van der Waals surface area contributed by atoms with Crippen molar-refractivity contribution in [2.75, 3.05) is 13.2 Å². The van der Waals surface area contributed by atoms with Crippen molar-refractivity contribution < 1.29 is 28.4 Å². The van der Waals surface area contributed by atoms with Gasteiger partial charge < -0.3 is 28.4 Å². The minimum atomic E-state index is -0.636. The molecule has 248 valence electrons. The Kier molecular flexibility index (Phi) is 13.0. The average Bonchev–Trinajstić information content (AvgIpc) is 3.14. The fraction of sp³-hybridized carbons (Fsp3) is 0.415. The highest BCUT2D eigenvalue weighted by Gasteiger charge is 2.49. The molecular formula is C41H48O6. The summed E-state index contributed by atoms with van der Waals surface area (Å²) >= 11 is 0. The maximum absolute atomic E-state index is 6.82. The molecule has 0 spiro atoms. The molecular weight excluding hydrogens is 588 g/mol. The number of hydrogen-bond acceptors (Lipinski definition) is 6. The molecule has 1 heterocycles. The van der Waals surface area contributed by atoms with Crippen LogP contribution in [0.4, 0.5) is 0 Å². The SMILES string of the molecule is c1ccc(COC[C@H]2OC(OCC3CCCCC3)[C@H](OCc3ccccc3)[C@@H](OCc3ccccc3)[C@H]2OCc2ccccc2)cc1. The second-order valence-corrected chi connectivity index (χ2v) is 12.7. The van der Waals surface area contributed by atoms with E-state index in [2.05, 4.69) is 48.5 Å². The van der Waals surface area contributed by atoms with Crippen LogP contribution in [-0.2, 0) is 54.8 Å². The Morgan fingerprint density at radius 2 is 0.894 bits per heavy atom. The van der Waals surface area contributed by atoms with Gasteiger partial charge in [-0.1, -0.05) is 141 Å². The first-order chi connectivity index (χ1) is 23.3. The first-order valence-electron chi connectivity index (χ1n) is 17.2. The lowest BCUT2D eigenvalue weighted by molar-refractivity contribution is -0.330. The molecule has 6 heteroatoms. The van der Waals surface area contributed by atoms with Gasteiger partial charge >= 0.3 is 0 Å². The third-order valence-electron chi connectivity index (χ3n) is 9.06. The molecule has 0 aromatic heterocycles. The number of benzene rings is 4. The highest BCUT2D eigenvalue weighted by Crippen LogP contribution is 2.33. The van der Waals surface area contributed by atoms with Gasteiger partial charge in [-0.05, 0) is 41.0 Å². The lowest BCUT2D eigenvalue weighted by Crippen LogP contribution is -2.62. The summed E-state index contributed by atoms with van der Waals surface area (Å²) in [4.78, 5) is 0. The molecule has 1 saturated carbocycles. The topological polar surface area (TPSA) is 55.4 Å². The zero-order chi connectivity index (χ0) is 31.9. The predicted octanol–water partition coefficient (Wildman–Crippen LogP) is 8.28. The summed E-state index contributed by atoms with van der Waals surface area (Å²) in [7, 11) is 0. The van der Waals surface area contributed by atoms with Crippen molar-refractivity contribution in [2.45, 2.75) is 89.2 Å². The molecule has 2 fully saturated rings. The van der Waals surface area contributed by atoms with Crippen molar-refractivity contribution in [1.29, 1.82) is 0 Å². The van der Waals surface area contributed by atoms with Crippen LogP contribution >= 0.6 is 0 Å². The summed E-state index contributed by atoms with van der Waals surface area (Å²) in [5.74, 6) is 0.519. The molecule has 0 N–H and O–H groups in total. The molecule has 1 unspecified atom stereocenters. The largest absolute Gasteiger partial charge is 0.374 e. The predicted molar refractivity (Wildman–Crippen MR) is 182 cm³/mol. The van der Waals surface area contributed by atoms with E-state index in [1.165, 1.54) is 32.1 Å². The zero-order valence-corrected chi connectivity index (χ0v) is 27.2. The third kappa shape index (κ3) is 10.3. The van der Waals surface area contributed by atoms with E-state index in [9.17, 15) is 0 Å². The van der Waals surface area contributed by atoms with Crippen LogP contribution in [0.2, 0.25) is 0 Å². The minimum Gasteiger partial charge on any atom is -0.374 e. The van der Waals surface area contributed by atoms with Crippen LogP contribution in [0.5, 0.6) is 0 Å². The van der Waals surface area contributed by atoms with E-state index in [4.69, 9.17) is 28.4 Å². The highest BCUT2D eigenvalue weighted by molar-refractivity contribution is 5.16. The van der Waals surface area contributed by atoms with E-state index in [1.54, 1.807) is 0 Å². The normalized spacial score (nSPS) is 23.4. The maximum atomic E-state index is 6.82. The first-order valence-corrected chi connectivity index (χ1v) is 17.2. The van der Waals surface area contributed by atoms with Crippen LogP contribution in [0.1, 0.15) is 54.4 Å². The molecule has 1 aliphatic carbocycles. The molecule has 0 bridgehead atoms. The monoisotopic (exact) mass is 636 g/mol. The summed E-state index contributed by atoms with van der Waals surface area (Å²) in [5, 5.41) is 0. The molecule has 5 atom stereocenters. The summed E-state index contributed by atoms with van der Waals surface area (Å²) in [6.45, 7) is 2.67. The quantitative estimate of drug-likeness (QED) is 0.123. The Morgan fingerprint density at radius 1 is 0.447 bits per heavy atom. The van der Waals surface area contributed by atoms with Gasteiger partial charge in [-0.25, -0.2) is 0 Å². The van der Waals surface area contributed by atoms with Crippen molar-refractivity contribution >= 4 is 0 Å². The lowest BCUT2D eigenvalue weighted by Gasteiger charge is -2.46. The van der Waals surface area contributed by atoms with E-state index in [-0.39, 0.29) is 0 Å². The molecule has 6 rings (SSSR count). The summed E-state index contributed by atoms with van der Waals surface area (Å²) in [6.07, 6.45) is 3.64. The Balaban J connectivity index is 1.27. The van der Waals surface area contributed by atoms with Gasteiger partial charge in [0.25, 0.3) is 0 Å². The Bertz CT molecular complexity index is 1400. The number of rotatable bonds is 16. The van der Waals surface area contributed by atoms with Gasteiger partial charge in [0, 0.05) is 0 Å². The summed E-state index contributed by atoms with van der Waals surface area (Å²) in [5.41, 5.74) is 4.35. The Hall–Kier alpha value is -3.36. The second kappa shape index (κ2) is 18.3. The second-order valence-electron chi connectivity index (χ2n) is 12.7. The first kappa shape index (κ1) is 33.5. The molecule has 6 nitrogen and oxygen atoms in total. The number of ether oxygens (including phenoxy) is 6. The number of hydrogen-bond donors (Lipinski definition) is 0. The standard InChI is InChI=1S/C41H48O6/c1-6-16-32(17-7-1)26-42-31-37-38(43-27-33-18-8-2-9-19-33)39(44-28-34-20-10-3-11-21-34)40(45-29-35-22-12-4-13-23-35)41(47-37)46-30-36-24-14-5-15-25-36/h1-4,6-13,16-23,36-41H,5,14-15,24-31H2/t37-,38+,39+,40-,41?/m1/s1. The molecule has 47 heavy (non-hydrogen) atoms. The van der Waals surface area contributed by atoms with Crippen molar-refractivity contribution in [3.05, 3.63) is 144 Å². The van der Waals surface area contributed by atoms with Gasteiger partial charge in [-0.3, -0.25) is 0 Å². The van der Waals surface area contributed by atoms with Gasteiger partial charge in [0.05, 0.1) is 39.6 Å². The van der Waals surface area contributed by atoms with Crippen molar-refractivity contribution in [3.63, 3.8) is 0 Å². The van der Waals surface area contributed by atoms with Crippen LogP contribution in [0.25, 0.3) is 0 Å². The van der Waals surface area contributed by atoms with E-state index < -0.39 is 30.7 Å². The van der Waals surface area contributed by atoms with Gasteiger partial charge in [0.1, 0.15) is 24.4 Å². The average molecular weight is 637 g/mol. The maximum Gasteiger partial charge on any atom is 0.186 e. The van der Waals surface area contributed by atoms with Crippen LogP contribution in [0.3, 0.4) is 0 Å². The van der Waals surface area contributed by atoms with Gasteiger partial charge in [-0.2, -0.15) is 0 Å². The summed E-state index contributed by atoms with van der Waals surface area (Å²) in [6, 6.07) is 40.9. The minimum absolute atomic E-state index is 0.328.